The molecule has 1 N–H and O–H groups in total. The Kier molecular flexibility index (Phi) is 4.87. The van der Waals surface area contributed by atoms with Gasteiger partial charge < -0.3 is 14.9 Å². The fourth-order valence-corrected chi connectivity index (χ4v) is 1.37. The quantitative estimate of drug-likeness (QED) is 0.756. The van der Waals surface area contributed by atoms with Crippen molar-refractivity contribution in [2.24, 2.45) is 0 Å². The van der Waals surface area contributed by atoms with Crippen LogP contribution < -0.4 is 10.1 Å². The molecule has 4 heteroatoms. The van der Waals surface area contributed by atoms with Gasteiger partial charge in [-0.3, -0.25) is 4.79 Å². The molecule has 0 aliphatic carbocycles. The number of ether oxygens (including phenoxy) is 1. The summed E-state index contributed by atoms with van der Waals surface area (Å²) in [6.07, 6.45) is 0.702. The van der Waals surface area contributed by atoms with Gasteiger partial charge in [0.15, 0.2) is 0 Å². The lowest BCUT2D eigenvalue weighted by Crippen LogP contribution is -2.27. The Hall–Kier alpha value is -2.02. The molecule has 0 heterocycles. The Morgan fingerprint density at radius 2 is 2.25 bits per heavy atom. The first kappa shape index (κ1) is 12.1. The molecule has 1 aromatic carbocycles. The summed E-state index contributed by atoms with van der Waals surface area (Å²) in [7, 11) is 1.62. The first-order valence-corrected chi connectivity index (χ1v) is 4.99. The summed E-state index contributed by atoms with van der Waals surface area (Å²) in [5, 5.41) is 2.68. The van der Waals surface area contributed by atoms with Gasteiger partial charge in [0.05, 0.1) is 7.11 Å². The van der Waals surface area contributed by atoms with E-state index in [1.54, 1.807) is 7.11 Å². The fraction of sp³-hybridized carbons (Fsp3) is 0.333. The summed E-state index contributed by atoms with van der Waals surface area (Å²) in [6, 6.07) is 7.68. The molecule has 0 aliphatic heterocycles. The van der Waals surface area contributed by atoms with E-state index < -0.39 is 0 Å². The molecule has 0 unspecified atom stereocenters. The van der Waals surface area contributed by atoms with Crippen molar-refractivity contribution in [2.75, 3.05) is 20.2 Å². The van der Waals surface area contributed by atoms with Crippen molar-refractivity contribution in [3.63, 3.8) is 0 Å². The molecular formula is C12H14N2O2. The first-order chi connectivity index (χ1) is 7.77. The summed E-state index contributed by atoms with van der Waals surface area (Å²) in [4.78, 5) is 14.0. The molecule has 1 aromatic rings. The number of nitrogens with one attached hydrogen (secondary N) is 1. The van der Waals surface area contributed by atoms with Crippen LogP contribution in [0.1, 0.15) is 5.56 Å². The number of rotatable bonds is 5. The Balaban J connectivity index is 2.43. The van der Waals surface area contributed by atoms with Crippen LogP contribution in [-0.2, 0) is 11.2 Å². The van der Waals surface area contributed by atoms with Crippen LogP contribution in [0.2, 0.25) is 0 Å². The maximum absolute atomic E-state index is 11.0. The highest BCUT2D eigenvalue weighted by Gasteiger charge is 2.04. The van der Waals surface area contributed by atoms with E-state index in [0.717, 1.165) is 11.3 Å². The highest BCUT2D eigenvalue weighted by molar-refractivity contribution is 5.79. The zero-order chi connectivity index (χ0) is 11.8. The predicted molar refractivity (Wildman–Crippen MR) is 61.2 cm³/mol. The number of carbonyl (C=O) groups is 1. The standard InChI is InChI=1S/C12H14N2O2/c1-13-9-12(15)14-8-7-10-5-3-4-6-11(10)16-2/h3-6H,7-9H2,2H3,(H,14,15). The normalized spacial score (nSPS) is 9.25. The third kappa shape index (κ3) is 3.62. The molecule has 0 saturated heterocycles. The van der Waals surface area contributed by atoms with Gasteiger partial charge in [0.25, 0.3) is 12.5 Å². The average molecular weight is 218 g/mol. The molecule has 4 nitrogen and oxygen atoms in total. The van der Waals surface area contributed by atoms with Crippen molar-refractivity contribution in [1.29, 1.82) is 0 Å². The third-order valence-electron chi connectivity index (χ3n) is 2.13. The number of methoxy groups -OCH3 is 1. The largest absolute Gasteiger partial charge is 0.496 e. The molecule has 0 aliphatic rings. The monoisotopic (exact) mass is 218 g/mol. The van der Waals surface area contributed by atoms with Crippen LogP contribution in [-0.4, -0.2) is 26.1 Å². The molecule has 0 bridgehead atoms. The van der Waals surface area contributed by atoms with Gasteiger partial charge in [-0.25, -0.2) is 6.57 Å². The number of benzene rings is 1. The molecule has 16 heavy (non-hydrogen) atoms. The number of carbonyl (C=O) groups excluding carboxylic acids is 1. The van der Waals surface area contributed by atoms with Gasteiger partial charge in [0.1, 0.15) is 5.75 Å². The summed E-state index contributed by atoms with van der Waals surface area (Å²) in [6.45, 7) is 6.96. The number of hydrogen-bond acceptors (Lipinski definition) is 2. The maximum atomic E-state index is 11.0. The second kappa shape index (κ2) is 6.46. The molecule has 0 aromatic heterocycles. The second-order valence-corrected chi connectivity index (χ2v) is 3.23. The van der Waals surface area contributed by atoms with E-state index in [0.29, 0.717) is 13.0 Å². The smallest absolute Gasteiger partial charge is 0.300 e. The van der Waals surface area contributed by atoms with E-state index in [-0.39, 0.29) is 12.5 Å². The van der Waals surface area contributed by atoms with Crippen LogP contribution >= 0.6 is 0 Å². The molecule has 1 rings (SSSR count). The van der Waals surface area contributed by atoms with Crippen LogP contribution in [0, 0.1) is 6.57 Å². The van der Waals surface area contributed by atoms with Crippen molar-refractivity contribution in [2.45, 2.75) is 6.42 Å². The van der Waals surface area contributed by atoms with Crippen LogP contribution in [0.4, 0.5) is 0 Å². The molecular weight excluding hydrogens is 204 g/mol. The summed E-state index contributed by atoms with van der Waals surface area (Å²) in [5.41, 5.74) is 1.05. The van der Waals surface area contributed by atoms with Gasteiger partial charge in [0.2, 0.25) is 0 Å². The van der Waals surface area contributed by atoms with E-state index >= 15 is 0 Å². The van der Waals surface area contributed by atoms with E-state index in [1.165, 1.54) is 0 Å². The first-order valence-electron chi connectivity index (χ1n) is 4.99. The minimum absolute atomic E-state index is 0.105. The van der Waals surface area contributed by atoms with Crippen LogP contribution in [0.15, 0.2) is 24.3 Å². The van der Waals surface area contributed by atoms with E-state index in [4.69, 9.17) is 11.3 Å². The van der Waals surface area contributed by atoms with Gasteiger partial charge >= 0.3 is 0 Å². The molecule has 84 valence electrons. The second-order valence-electron chi connectivity index (χ2n) is 3.23. The molecule has 0 fully saturated rings. The highest BCUT2D eigenvalue weighted by Crippen LogP contribution is 2.16. The average Bonchev–Trinajstić information content (AvgIpc) is 2.30. The van der Waals surface area contributed by atoms with E-state index in [9.17, 15) is 4.79 Å². The zero-order valence-electron chi connectivity index (χ0n) is 9.19. The number of nitrogens with zero attached hydrogens (tertiary/aromatic N) is 1. The molecule has 0 saturated carbocycles. The van der Waals surface area contributed by atoms with Gasteiger partial charge in [0, 0.05) is 6.54 Å². The van der Waals surface area contributed by atoms with Crippen molar-refractivity contribution in [3.8, 4) is 5.75 Å². The lowest BCUT2D eigenvalue weighted by molar-refractivity contribution is -0.119. The minimum Gasteiger partial charge on any atom is -0.496 e. The van der Waals surface area contributed by atoms with Crippen LogP contribution in [0.5, 0.6) is 5.75 Å². The van der Waals surface area contributed by atoms with Crippen molar-refractivity contribution >= 4 is 5.91 Å². The van der Waals surface area contributed by atoms with Crippen LogP contribution in [0.25, 0.3) is 4.85 Å². The predicted octanol–water partition coefficient (Wildman–Crippen LogP) is 1.27. The maximum Gasteiger partial charge on any atom is 0.300 e. The molecule has 0 atom stereocenters. The number of hydrogen-bond donors (Lipinski definition) is 1. The van der Waals surface area contributed by atoms with Gasteiger partial charge in [-0.2, -0.15) is 0 Å². The van der Waals surface area contributed by atoms with E-state index in [2.05, 4.69) is 10.2 Å². The van der Waals surface area contributed by atoms with Gasteiger partial charge in [-0.15, -0.1) is 0 Å². The minimum atomic E-state index is -0.232. The van der Waals surface area contributed by atoms with E-state index in [1.807, 2.05) is 24.3 Å². The molecule has 0 radical (unpaired) electrons. The van der Waals surface area contributed by atoms with Crippen molar-refractivity contribution in [3.05, 3.63) is 41.2 Å². The van der Waals surface area contributed by atoms with Gasteiger partial charge in [-0.05, 0) is 18.1 Å². The van der Waals surface area contributed by atoms with Gasteiger partial charge in [-0.1, -0.05) is 18.2 Å². The number of para-hydroxylation sites is 1. The lowest BCUT2D eigenvalue weighted by atomic mass is 10.1. The third-order valence-corrected chi connectivity index (χ3v) is 2.13. The number of amides is 1. The summed E-state index contributed by atoms with van der Waals surface area (Å²) < 4.78 is 5.19. The Morgan fingerprint density at radius 3 is 2.94 bits per heavy atom. The SMILES string of the molecule is [C-]#[N+]CC(=O)NCCc1ccccc1OC. The summed E-state index contributed by atoms with van der Waals surface area (Å²) in [5.74, 6) is 0.590. The fourth-order valence-electron chi connectivity index (χ4n) is 1.37. The van der Waals surface area contributed by atoms with Crippen molar-refractivity contribution < 1.29 is 9.53 Å². The summed E-state index contributed by atoms with van der Waals surface area (Å²) >= 11 is 0. The lowest BCUT2D eigenvalue weighted by Gasteiger charge is -2.07. The van der Waals surface area contributed by atoms with Crippen LogP contribution in [0.3, 0.4) is 0 Å². The zero-order valence-corrected chi connectivity index (χ0v) is 9.19. The Morgan fingerprint density at radius 1 is 1.50 bits per heavy atom. The Labute approximate surface area is 95.0 Å². The molecule has 1 amide bonds. The van der Waals surface area contributed by atoms with Crippen molar-refractivity contribution in [1.82, 2.24) is 5.32 Å². The molecule has 0 spiro atoms. The Bertz CT molecular complexity index is 396. The topological polar surface area (TPSA) is 42.7 Å². The highest BCUT2D eigenvalue weighted by atomic mass is 16.5.